The zero-order chi connectivity index (χ0) is 29.8. The number of pyridine rings is 1. The minimum atomic E-state index is -0.673. The highest BCUT2D eigenvalue weighted by molar-refractivity contribution is 6.02. The summed E-state index contributed by atoms with van der Waals surface area (Å²) in [6.07, 6.45) is 5.87. The Hall–Kier alpha value is -6.04. The number of benzene rings is 2. The number of methoxy groups -OCH3 is 1. The smallest absolute Gasteiger partial charge is 0.278 e. The van der Waals surface area contributed by atoms with E-state index >= 15 is 0 Å². The van der Waals surface area contributed by atoms with E-state index in [2.05, 4.69) is 30.6 Å². The Labute approximate surface area is 244 Å². The molecule has 0 fully saturated rings. The molecule has 4 aromatic heterocycles. The molecule has 0 bridgehead atoms. The summed E-state index contributed by atoms with van der Waals surface area (Å²) in [5.41, 5.74) is 2.17. The third-order valence-electron chi connectivity index (χ3n) is 6.64. The number of nitrogens with one attached hydrogen (secondary N) is 3. The number of oxazole rings is 1. The number of carbonyl (C=O) groups is 2. The van der Waals surface area contributed by atoms with E-state index in [4.69, 9.17) is 9.15 Å². The van der Waals surface area contributed by atoms with Crippen LogP contribution in [-0.4, -0.2) is 43.4 Å². The average molecular weight is 576 g/mol. The van der Waals surface area contributed by atoms with Crippen LogP contribution in [0.3, 0.4) is 0 Å². The van der Waals surface area contributed by atoms with E-state index in [0.717, 1.165) is 16.6 Å². The molecule has 43 heavy (non-hydrogen) atoms. The SMILES string of the molecule is COc1cccc(-c2nc(C(=O)Nc3cnc(-c4ccccc4)n(CC(=O)NCc4cc5cnccc5[nH]4)c3=O)co2)c1. The minimum absolute atomic E-state index is 0.0396. The maximum Gasteiger partial charge on any atom is 0.278 e. The topological polar surface area (TPSA) is 157 Å². The second-order valence-electron chi connectivity index (χ2n) is 9.51. The number of H-pyrrole nitrogens is 1. The van der Waals surface area contributed by atoms with Crippen molar-refractivity contribution in [2.24, 2.45) is 0 Å². The van der Waals surface area contributed by atoms with Crippen LogP contribution >= 0.6 is 0 Å². The second kappa shape index (κ2) is 11.8. The van der Waals surface area contributed by atoms with Crippen LogP contribution in [0.25, 0.3) is 33.7 Å². The number of anilines is 1. The molecule has 0 saturated heterocycles. The Bertz CT molecular complexity index is 1960. The first-order valence-corrected chi connectivity index (χ1v) is 13.2. The van der Waals surface area contributed by atoms with Crippen LogP contribution < -0.4 is 20.9 Å². The number of aromatic amines is 1. The zero-order valence-electron chi connectivity index (χ0n) is 22.9. The van der Waals surface area contributed by atoms with E-state index in [1.54, 1.807) is 68.0 Å². The summed E-state index contributed by atoms with van der Waals surface area (Å²) in [7, 11) is 1.54. The maximum absolute atomic E-state index is 13.6. The van der Waals surface area contributed by atoms with Crippen LogP contribution in [0.4, 0.5) is 5.69 Å². The number of hydrogen-bond acceptors (Lipinski definition) is 8. The van der Waals surface area contributed by atoms with Gasteiger partial charge in [0.15, 0.2) is 5.69 Å². The normalized spacial score (nSPS) is 10.9. The number of carbonyl (C=O) groups excluding carboxylic acids is 2. The van der Waals surface area contributed by atoms with Crippen LogP contribution in [0.5, 0.6) is 5.75 Å². The summed E-state index contributed by atoms with van der Waals surface area (Å²) in [6.45, 7) is -0.111. The van der Waals surface area contributed by atoms with Crippen molar-refractivity contribution < 1.29 is 18.7 Å². The minimum Gasteiger partial charge on any atom is -0.497 e. The predicted molar refractivity (Wildman–Crippen MR) is 158 cm³/mol. The first-order chi connectivity index (χ1) is 21.0. The molecule has 0 aliphatic rings. The fourth-order valence-electron chi connectivity index (χ4n) is 4.52. The first-order valence-electron chi connectivity index (χ1n) is 13.2. The summed E-state index contributed by atoms with van der Waals surface area (Å²) in [5.74, 6) is 0.00270. The van der Waals surface area contributed by atoms with Crippen LogP contribution in [0.1, 0.15) is 16.2 Å². The Kier molecular flexibility index (Phi) is 7.47. The highest BCUT2D eigenvalue weighted by Gasteiger charge is 2.19. The van der Waals surface area contributed by atoms with Gasteiger partial charge in [-0.1, -0.05) is 36.4 Å². The van der Waals surface area contributed by atoms with Gasteiger partial charge in [0, 0.05) is 40.1 Å². The summed E-state index contributed by atoms with van der Waals surface area (Å²) >= 11 is 0. The van der Waals surface area contributed by atoms with E-state index in [-0.39, 0.29) is 36.2 Å². The van der Waals surface area contributed by atoms with Gasteiger partial charge in [0.25, 0.3) is 11.5 Å². The van der Waals surface area contributed by atoms with Crippen molar-refractivity contribution in [2.75, 3.05) is 12.4 Å². The molecular weight excluding hydrogens is 550 g/mol. The lowest BCUT2D eigenvalue weighted by Crippen LogP contribution is -2.35. The molecular formula is C31H25N7O5. The fourth-order valence-corrected chi connectivity index (χ4v) is 4.52. The van der Waals surface area contributed by atoms with Gasteiger partial charge in [-0.05, 0) is 30.3 Å². The van der Waals surface area contributed by atoms with Gasteiger partial charge in [0.2, 0.25) is 11.8 Å². The van der Waals surface area contributed by atoms with Gasteiger partial charge in [-0.25, -0.2) is 9.97 Å². The Morgan fingerprint density at radius 3 is 2.67 bits per heavy atom. The highest BCUT2D eigenvalue weighted by atomic mass is 16.5. The largest absolute Gasteiger partial charge is 0.497 e. The summed E-state index contributed by atoms with van der Waals surface area (Å²) in [5, 5.41) is 6.31. The molecule has 6 rings (SSSR count). The van der Waals surface area contributed by atoms with E-state index in [9.17, 15) is 14.4 Å². The van der Waals surface area contributed by atoms with Gasteiger partial charge in [-0.15, -0.1) is 0 Å². The van der Waals surface area contributed by atoms with E-state index < -0.39 is 17.4 Å². The van der Waals surface area contributed by atoms with Gasteiger partial charge < -0.3 is 24.8 Å². The Morgan fingerprint density at radius 1 is 1.02 bits per heavy atom. The van der Waals surface area contributed by atoms with Crippen molar-refractivity contribution in [2.45, 2.75) is 13.1 Å². The molecule has 12 nitrogen and oxygen atoms in total. The number of rotatable bonds is 9. The fraction of sp³-hybridized carbons (Fsp3) is 0.0968. The summed E-state index contributed by atoms with van der Waals surface area (Å²) in [6, 6.07) is 19.8. The molecule has 0 saturated carbocycles. The molecule has 12 heteroatoms. The van der Waals surface area contributed by atoms with Crippen LogP contribution in [0, 0.1) is 0 Å². The summed E-state index contributed by atoms with van der Waals surface area (Å²) < 4.78 is 11.9. The molecule has 0 radical (unpaired) electrons. The number of ether oxygens (including phenoxy) is 1. The second-order valence-corrected chi connectivity index (χ2v) is 9.51. The lowest BCUT2D eigenvalue weighted by Gasteiger charge is -2.14. The quantitative estimate of drug-likeness (QED) is 0.233. The van der Waals surface area contributed by atoms with Crippen molar-refractivity contribution in [1.29, 1.82) is 0 Å². The molecule has 0 spiro atoms. The van der Waals surface area contributed by atoms with E-state index in [0.29, 0.717) is 16.9 Å². The highest BCUT2D eigenvalue weighted by Crippen LogP contribution is 2.23. The van der Waals surface area contributed by atoms with Crippen molar-refractivity contribution >= 4 is 28.4 Å². The van der Waals surface area contributed by atoms with Crippen LogP contribution in [0.15, 0.2) is 101 Å². The van der Waals surface area contributed by atoms with Crippen molar-refractivity contribution in [3.63, 3.8) is 0 Å². The van der Waals surface area contributed by atoms with Crippen molar-refractivity contribution in [1.82, 2.24) is 29.8 Å². The summed E-state index contributed by atoms with van der Waals surface area (Å²) in [4.78, 5) is 55.7. The molecule has 0 atom stereocenters. The molecule has 4 heterocycles. The van der Waals surface area contributed by atoms with E-state index in [1.165, 1.54) is 17.0 Å². The van der Waals surface area contributed by atoms with Gasteiger partial charge in [0.1, 0.15) is 30.1 Å². The lowest BCUT2D eigenvalue weighted by molar-refractivity contribution is -0.121. The van der Waals surface area contributed by atoms with Crippen molar-refractivity contribution in [3.05, 3.63) is 113 Å². The molecule has 0 aliphatic heterocycles. The maximum atomic E-state index is 13.6. The molecule has 0 unspecified atom stereocenters. The molecule has 214 valence electrons. The molecule has 3 N–H and O–H groups in total. The lowest BCUT2D eigenvalue weighted by atomic mass is 10.2. The van der Waals surface area contributed by atoms with Crippen LogP contribution in [0.2, 0.25) is 0 Å². The number of aromatic nitrogens is 5. The Morgan fingerprint density at radius 2 is 1.86 bits per heavy atom. The number of hydrogen-bond donors (Lipinski definition) is 3. The van der Waals surface area contributed by atoms with Crippen molar-refractivity contribution in [3.8, 4) is 28.6 Å². The first kappa shape index (κ1) is 27.1. The molecule has 6 aromatic rings. The third kappa shape index (κ3) is 5.88. The van der Waals surface area contributed by atoms with Gasteiger partial charge in [-0.3, -0.25) is 23.9 Å². The average Bonchev–Trinajstić information content (AvgIpc) is 3.70. The van der Waals surface area contributed by atoms with Gasteiger partial charge in [-0.2, -0.15) is 0 Å². The monoisotopic (exact) mass is 575 g/mol. The molecule has 0 aliphatic carbocycles. The Balaban J connectivity index is 1.23. The predicted octanol–water partition coefficient (Wildman–Crippen LogP) is 4.02. The number of amides is 2. The molecule has 2 amide bonds. The number of nitrogens with zero attached hydrogens (tertiary/aromatic N) is 4. The van der Waals surface area contributed by atoms with Crippen LogP contribution in [-0.2, 0) is 17.9 Å². The van der Waals surface area contributed by atoms with Gasteiger partial charge >= 0.3 is 0 Å². The van der Waals surface area contributed by atoms with E-state index in [1.807, 2.05) is 18.2 Å². The van der Waals surface area contributed by atoms with Gasteiger partial charge in [0.05, 0.1) is 19.9 Å². The zero-order valence-corrected chi connectivity index (χ0v) is 22.9. The standard InChI is InChI=1S/C31H25N7O5/c1-42-23-9-5-8-20(13-23)30-37-26(18-43-30)29(40)36-25-16-34-28(19-6-3-2-4-7-19)38(31(25)41)17-27(39)33-15-22-12-21-14-32-11-10-24(21)35-22/h2-14,16,18,35H,15,17H2,1H3,(H,33,39)(H,36,40). The third-order valence-corrected chi connectivity index (χ3v) is 6.64. The molecule has 2 aromatic carbocycles. The number of fused-ring (bicyclic) bond motifs is 1.